The van der Waals surface area contributed by atoms with E-state index in [0.29, 0.717) is 17.8 Å². The number of benzene rings is 1. The highest BCUT2D eigenvalue weighted by molar-refractivity contribution is 6.17. The van der Waals surface area contributed by atoms with Crippen molar-refractivity contribution in [2.24, 2.45) is 5.92 Å². The average molecular weight is 357 g/mol. The van der Waals surface area contributed by atoms with Gasteiger partial charge in [0, 0.05) is 12.6 Å². The molecule has 1 fully saturated rings. The highest BCUT2D eigenvalue weighted by Gasteiger charge is 2.43. The molecule has 6 heteroatoms. The third-order valence-electron chi connectivity index (χ3n) is 5.08. The molecular formula is C20H27N3O3. The molecule has 1 saturated carbocycles. The molecule has 1 atom stereocenters. The summed E-state index contributed by atoms with van der Waals surface area (Å²) in [5.74, 6) is -0.808. The lowest BCUT2D eigenvalue weighted by molar-refractivity contribution is -0.134. The molecule has 1 aliphatic carbocycles. The molecule has 1 aliphatic heterocycles. The number of carbonyl (C=O) groups excluding carboxylic acids is 3. The number of para-hydroxylation sites is 1. The number of nitrogens with zero attached hydrogens (tertiary/aromatic N) is 1. The fourth-order valence-corrected chi connectivity index (χ4v) is 3.74. The lowest BCUT2D eigenvalue weighted by atomic mass is 9.92. The topological polar surface area (TPSA) is 78.5 Å². The predicted molar refractivity (Wildman–Crippen MR) is 99.7 cm³/mol. The third kappa shape index (κ3) is 3.74. The monoisotopic (exact) mass is 357 g/mol. The number of carbonyl (C=O) groups is 3. The summed E-state index contributed by atoms with van der Waals surface area (Å²) in [6.07, 6.45) is 4.81. The van der Waals surface area contributed by atoms with E-state index < -0.39 is 17.9 Å². The van der Waals surface area contributed by atoms with Crippen LogP contribution in [0.15, 0.2) is 24.3 Å². The molecule has 1 heterocycles. The number of rotatable bonds is 4. The maximum Gasteiger partial charge on any atom is 0.257 e. The highest BCUT2D eigenvalue weighted by atomic mass is 16.2. The number of fused-ring (bicyclic) bond motifs is 1. The Morgan fingerprint density at radius 1 is 1.19 bits per heavy atom. The van der Waals surface area contributed by atoms with Crippen molar-refractivity contribution >= 4 is 23.4 Å². The summed E-state index contributed by atoms with van der Waals surface area (Å²) in [5.41, 5.74) is 0.924. The summed E-state index contributed by atoms with van der Waals surface area (Å²) >= 11 is 0. The molecule has 0 aromatic heterocycles. The molecule has 0 saturated heterocycles. The van der Waals surface area contributed by atoms with Crippen molar-refractivity contribution in [1.29, 1.82) is 0 Å². The van der Waals surface area contributed by atoms with E-state index in [4.69, 9.17) is 0 Å². The van der Waals surface area contributed by atoms with Crippen molar-refractivity contribution in [2.45, 2.75) is 58.0 Å². The van der Waals surface area contributed by atoms with Gasteiger partial charge in [0.05, 0.1) is 11.3 Å². The van der Waals surface area contributed by atoms with Crippen molar-refractivity contribution in [2.75, 3.05) is 11.9 Å². The Hall–Kier alpha value is -2.37. The van der Waals surface area contributed by atoms with Crippen molar-refractivity contribution in [3.8, 4) is 0 Å². The summed E-state index contributed by atoms with van der Waals surface area (Å²) in [4.78, 5) is 40.6. The second-order valence-electron chi connectivity index (χ2n) is 7.58. The Morgan fingerprint density at radius 3 is 2.58 bits per heavy atom. The molecule has 3 amide bonds. The van der Waals surface area contributed by atoms with Gasteiger partial charge < -0.3 is 15.5 Å². The van der Waals surface area contributed by atoms with Gasteiger partial charge in [0.15, 0.2) is 6.04 Å². The molecule has 1 unspecified atom stereocenters. The van der Waals surface area contributed by atoms with E-state index in [1.165, 1.54) is 4.90 Å². The van der Waals surface area contributed by atoms with Crippen LogP contribution in [0.5, 0.6) is 0 Å². The van der Waals surface area contributed by atoms with Crippen molar-refractivity contribution in [1.82, 2.24) is 10.2 Å². The zero-order valence-corrected chi connectivity index (χ0v) is 15.5. The Labute approximate surface area is 154 Å². The lowest BCUT2D eigenvalue weighted by Gasteiger charge is -2.37. The fourth-order valence-electron chi connectivity index (χ4n) is 3.74. The van der Waals surface area contributed by atoms with E-state index in [9.17, 15) is 14.4 Å². The average Bonchev–Trinajstić information content (AvgIpc) is 2.75. The van der Waals surface area contributed by atoms with Crippen molar-refractivity contribution in [3.05, 3.63) is 29.8 Å². The SMILES string of the molecule is CC(C)CNC(=O)C1C(=O)Nc2ccccc2C(=O)N1C1CCCCC1. The van der Waals surface area contributed by atoms with E-state index in [-0.39, 0.29) is 17.9 Å². The first-order valence-corrected chi connectivity index (χ1v) is 9.49. The molecule has 1 aromatic carbocycles. The van der Waals surface area contributed by atoms with E-state index in [1.807, 2.05) is 13.8 Å². The second kappa shape index (κ2) is 7.89. The maximum atomic E-state index is 13.3. The minimum absolute atomic E-state index is 0.0806. The van der Waals surface area contributed by atoms with Crippen LogP contribution in [0.1, 0.15) is 56.3 Å². The predicted octanol–water partition coefficient (Wildman–Crippen LogP) is 2.55. The van der Waals surface area contributed by atoms with Crippen LogP contribution in [-0.4, -0.2) is 41.2 Å². The van der Waals surface area contributed by atoms with E-state index in [2.05, 4.69) is 10.6 Å². The first-order valence-electron chi connectivity index (χ1n) is 9.49. The summed E-state index contributed by atoms with van der Waals surface area (Å²) in [6, 6.07) is 5.76. The molecule has 1 aromatic rings. The van der Waals surface area contributed by atoms with Crippen LogP contribution in [0.4, 0.5) is 5.69 Å². The number of hydrogen-bond acceptors (Lipinski definition) is 3. The molecule has 26 heavy (non-hydrogen) atoms. The maximum absolute atomic E-state index is 13.3. The van der Waals surface area contributed by atoms with Crippen LogP contribution in [0.2, 0.25) is 0 Å². The van der Waals surface area contributed by atoms with Crippen LogP contribution in [0, 0.1) is 5.92 Å². The Balaban J connectivity index is 1.97. The zero-order valence-electron chi connectivity index (χ0n) is 15.5. The van der Waals surface area contributed by atoms with Crippen LogP contribution in [0.25, 0.3) is 0 Å². The Bertz CT molecular complexity index is 695. The Kier molecular flexibility index (Phi) is 5.59. The number of anilines is 1. The van der Waals surface area contributed by atoms with Gasteiger partial charge in [-0.2, -0.15) is 0 Å². The summed E-state index contributed by atoms with van der Waals surface area (Å²) < 4.78 is 0. The minimum atomic E-state index is -1.13. The quantitative estimate of drug-likeness (QED) is 0.813. The van der Waals surface area contributed by atoms with E-state index >= 15 is 0 Å². The van der Waals surface area contributed by atoms with Crippen molar-refractivity contribution < 1.29 is 14.4 Å². The fraction of sp³-hybridized carbons (Fsp3) is 0.550. The molecule has 0 bridgehead atoms. The van der Waals surface area contributed by atoms with Crippen LogP contribution in [0.3, 0.4) is 0 Å². The molecule has 3 rings (SSSR count). The molecule has 140 valence electrons. The minimum Gasteiger partial charge on any atom is -0.354 e. The first-order chi connectivity index (χ1) is 12.5. The largest absolute Gasteiger partial charge is 0.354 e. The summed E-state index contributed by atoms with van der Waals surface area (Å²) in [6.45, 7) is 4.46. The third-order valence-corrected chi connectivity index (χ3v) is 5.08. The van der Waals surface area contributed by atoms with Gasteiger partial charge in [-0.15, -0.1) is 0 Å². The molecule has 6 nitrogen and oxygen atoms in total. The Morgan fingerprint density at radius 2 is 1.88 bits per heavy atom. The van der Waals surface area contributed by atoms with Gasteiger partial charge in [0.2, 0.25) is 0 Å². The first kappa shape index (κ1) is 18.4. The number of nitrogens with one attached hydrogen (secondary N) is 2. The zero-order chi connectivity index (χ0) is 18.7. The second-order valence-corrected chi connectivity index (χ2v) is 7.58. The number of amides is 3. The van der Waals surface area contributed by atoms with Gasteiger partial charge in [-0.25, -0.2) is 0 Å². The normalized spacial score (nSPS) is 21.2. The van der Waals surface area contributed by atoms with E-state index in [0.717, 1.165) is 32.1 Å². The summed E-state index contributed by atoms with van der Waals surface area (Å²) in [5, 5.41) is 5.61. The van der Waals surface area contributed by atoms with Gasteiger partial charge in [-0.3, -0.25) is 14.4 Å². The van der Waals surface area contributed by atoms with Gasteiger partial charge >= 0.3 is 0 Å². The van der Waals surface area contributed by atoms with Gasteiger partial charge in [0.1, 0.15) is 0 Å². The smallest absolute Gasteiger partial charge is 0.257 e. The van der Waals surface area contributed by atoms with Crippen LogP contribution >= 0.6 is 0 Å². The molecular weight excluding hydrogens is 330 g/mol. The van der Waals surface area contributed by atoms with Crippen molar-refractivity contribution in [3.63, 3.8) is 0 Å². The number of hydrogen-bond donors (Lipinski definition) is 2. The summed E-state index contributed by atoms with van der Waals surface area (Å²) in [7, 11) is 0. The lowest BCUT2D eigenvalue weighted by Crippen LogP contribution is -2.58. The van der Waals surface area contributed by atoms with Crippen LogP contribution < -0.4 is 10.6 Å². The van der Waals surface area contributed by atoms with Gasteiger partial charge in [-0.1, -0.05) is 45.2 Å². The van der Waals surface area contributed by atoms with Crippen LogP contribution in [-0.2, 0) is 9.59 Å². The standard InChI is InChI=1S/C20H27N3O3/c1-13(2)12-21-18(24)17-19(25)22-16-11-7-6-10-15(16)20(26)23(17)14-8-4-3-5-9-14/h6-7,10-11,13-14,17H,3-5,8-9,12H2,1-2H3,(H,21,24)(H,22,25). The molecule has 2 N–H and O–H groups in total. The van der Waals surface area contributed by atoms with Gasteiger partial charge in [0.25, 0.3) is 17.7 Å². The highest BCUT2D eigenvalue weighted by Crippen LogP contribution is 2.30. The van der Waals surface area contributed by atoms with E-state index in [1.54, 1.807) is 24.3 Å². The molecule has 0 radical (unpaired) electrons. The molecule has 0 spiro atoms. The molecule has 2 aliphatic rings. The van der Waals surface area contributed by atoms with Gasteiger partial charge in [-0.05, 0) is 30.9 Å².